The van der Waals surface area contributed by atoms with E-state index in [0.717, 1.165) is 44.9 Å². The van der Waals surface area contributed by atoms with E-state index in [9.17, 15) is 14.2 Å². The van der Waals surface area contributed by atoms with Gasteiger partial charge in [-0.25, -0.2) is 4.57 Å². The van der Waals surface area contributed by atoms with Gasteiger partial charge in [0.05, 0.1) is 6.61 Å². The number of unbranched alkanes of at least 4 members (excludes halogenated alkanes) is 23. The van der Waals surface area contributed by atoms with Gasteiger partial charge < -0.3 is 19.3 Å². The first-order valence-electron chi connectivity index (χ1n) is 21.3. The number of ether oxygens (including phenoxy) is 2. The highest BCUT2D eigenvalue weighted by Crippen LogP contribution is 2.36. The van der Waals surface area contributed by atoms with E-state index in [-0.39, 0.29) is 19.4 Å². The van der Waals surface area contributed by atoms with Crippen molar-refractivity contribution in [3.8, 4) is 0 Å². The summed E-state index contributed by atoms with van der Waals surface area (Å²) >= 11 is 0. The van der Waals surface area contributed by atoms with Crippen LogP contribution in [0.2, 0.25) is 0 Å². The summed E-state index contributed by atoms with van der Waals surface area (Å²) in [6.07, 6.45) is 45.9. The summed E-state index contributed by atoms with van der Waals surface area (Å²) in [4.78, 5) is 42.8. The number of hydrogen-bond donors (Lipinski definition) is 2. The first-order valence-corrected chi connectivity index (χ1v) is 22.8. The molecule has 0 aliphatic heterocycles. The Labute approximate surface area is 319 Å². The van der Waals surface area contributed by atoms with Crippen LogP contribution in [-0.2, 0) is 28.2 Å². The van der Waals surface area contributed by atoms with Gasteiger partial charge in [0.15, 0.2) is 6.10 Å². The Balaban J connectivity index is 3.97. The average Bonchev–Trinajstić information content (AvgIpc) is 3.11. The van der Waals surface area contributed by atoms with Gasteiger partial charge in [-0.3, -0.25) is 14.1 Å². The Hall–Kier alpha value is -1.73. The van der Waals surface area contributed by atoms with Crippen LogP contribution in [0, 0.1) is 0 Å². The topological polar surface area (TPSA) is 119 Å². The zero-order chi connectivity index (χ0) is 38.2. The first kappa shape index (κ1) is 50.3. The summed E-state index contributed by atoms with van der Waals surface area (Å²) in [5.74, 6) is -0.939. The minimum Gasteiger partial charge on any atom is -0.462 e. The maximum absolute atomic E-state index is 12.4. The molecule has 0 unspecified atom stereocenters. The first-order chi connectivity index (χ1) is 25.3. The van der Waals surface area contributed by atoms with Crippen LogP contribution in [0.4, 0.5) is 0 Å². The molecule has 0 fully saturated rings. The molecule has 1 atom stereocenters. The van der Waals surface area contributed by atoms with Crippen molar-refractivity contribution in [2.24, 2.45) is 0 Å². The van der Waals surface area contributed by atoms with E-state index >= 15 is 0 Å². The lowest BCUT2D eigenvalue weighted by atomic mass is 10.0. The Morgan fingerprint density at radius 3 is 1.35 bits per heavy atom. The van der Waals surface area contributed by atoms with Crippen molar-refractivity contribution in [1.82, 2.24) is 0 Å². The second-order valence-electron chi connectivity index (χ2n) is 14.3. The number of carbonyl (C=O) groups is 2. The number of carbonyl (C=O) groups excluding carboxylic acids is 2. The molecule has 0 bridgehead atoms. The average molecular weight is 755 g/mol. The summed E-state index contributed by atoms with van der Waals surface area (Å²) in [6, 6.07) is 0. The van der Waals surface area contributed by atoms with Crippen LogP contribution in [-0.4, -0.2) is 41.0 Å². The van der Waals surface area contributed by atoms with Crippen molar-refractivity contribution < 1.29 is 37.9 Å². The third-order valence-corrected chi connectivity index (χ3v) is 9.65. The second kappa shape index (κ2) is 39.0. The molecular weight excluding hydrogens is 675 g/mol. The molecule has 0 aliphatic rings. The molecular formula is C43H79O8P. The highest BCUT2D eigenvalue weighted by Gasteiger charge is 2.22. The maximum Gasteiger partial charge on any atom is 0.469 e. The fraction of sp³-hybridized carbons (Fsp3) is 0.814. The monoisotopic (exact) mass is 755 g/mol. The molecule has 52 heavy (non-hydrogen) atoms. The van der Waals surface area contributed by atoms with Crippen LogP contribution in [0.3, 0.4) is 0 Å². The maximum atomic E-state index is 12.4. The van der Waals surface area contributed by atoms with Crippen LogP contribution in [0.5, 0.6) is 0 Å². The molecule has 8 nitrogen and oxygen atoms in total. The normalized spacial score (nSPS) is 12.8. The summed E-state index contributed by atoms with van der Waals surface area (Å²) < 4.78 is 26.3. The molecule has 0 aromatic rings. The predicted molar refractivity (Wildman–Crippen MR) is 216 cm³/mol. The molecule has 0 aliphatic carbocycles. The van der Waals surface area contributed by atoms with Gasteiger partial charge in [-0.15, -0.1) is 0 Å². The Morgan fingerprint density at radius 1 is 0.500 bits per heavy atom. The summed E-state index contributed by atoms with van der Waals surface area (Å²) in [6.45, 7) is 3.65. The van der Waals surface area contributed by atoms with Crippen molar-refractivity contribution in [2.75, 3.05) is 13.2 Å². The van der Waals surface area contributed by atoms with Crippen LogP contribution < -0.4 is 0 Å². The predicted octanol–water partition coefficient (Wildman–Crippen LogP) is 13.0. The summed E-state index contributed by atoms with van der Waals surface area (Å²) in [5.41, 5.74) is 0. The lowest BCUT2D eigenvalue weighted by molar-refractivity contribution is -0.161. The van der Waals surface area contributed by atoms with Crippen molar-refractivity contribution in [3.63, 3.8) is 0 Å². The molecule has 0 rings (SSSR count). The minimum atomic E-state index is -4.76. The molecule has 9 heteroatoms. The lowest BCUT2D eigenvalue weighted by Crippen LogP contribution is -2.29. The molecule has 0 amide bonds. The van der Waals surface area contributed by atoms with Crippen LogP contribution in [0.1, 0.15) is 206 Å². The molecule has 0 saturated heterocycles. The molecule has 0 heterocycles. The number of esters is 2. The van der Waals surface area contributed by atoms with E-state index in [1.165, 1.54) is 122 Å². The smallest absolute Gasteiger partial charge is 0.462 e. The van der Waals surface area contributed by atoms with Gasteiger partial charge >= 0.3 is 19.8 Å². The van der Waals surface area contributed by atoms with Crippen molar-refractivity contribution in [1.29, 1.82) is 0 Å². The van der Waals surface area contributed by atoms with Gasteiger partial charge in [-0.2, -0.15) is 0 Å². The van der Waals surface area contributed by atoms with E-state index < -0.39 is 32.5 Å². The largest absolute Gasteiger partial charge is 0.469 e. The Bertz CT molecular complexity index is 941. The van der Waals surface area contributed by atoms with E-state index in [1.54, 1.807) is 0 Å². The van der Waals surface area contributed by atoms with Gasteiger partial charge in [-0.05, 0) is 44.9 Å². The quantitative estimate of drug-likeness (QED) is 0.0275. The van der Waals surface area contributed by atoms with E-state index in [0.29, 0.717) is 12.8 Å². The van der Waals surface area contributed by atoms with E-state index in [4.69, 9.17) is 19.3 Å². The number of phosphoric acid groups is 1. The summed E-state index contributed by atoms with van der Waals surface area (Å²) in [5, 5.41) is 0. The number of rotatable bonds is 39. The Morgan fingerprint density at radius 2 is 0.885 bits per heavy atom. The zero-order valence-electron chi connectivity index (χ0n) is 33.5. The fourth-order valence-corrected chi connectivity index (χ4v) is 6.34. The standard InChI is InChI=1S/C43H79O8P/c1-3-5-7-9-11-13-15-17-19-21-23-25-27-29-31-33-35-37-42(44)49-39-41(40-50-52(46,47)48)51-43(45)38-36-34-32-30-28-26-24-22-20-18-16-14-12-10-8-6-4-2/h17,19,23,25,29,31,41H,3-16,18,20-22,24,26-28,30,32-40H2,1-2H3,(H2,46,47,48)/b19-17+,25-23+,31-29+/t41-/m1/s1. The van der Waals surface area contributed by atoms with Crippen LogP contribution in [0.15, 0.2) is 36.5 Å². The van der Waals surface area contributed by atoms with Gasteiger partial charge in [0.2, 0.25) is 0 Å². The molecule has 0 aromatic carbocycles. The second-order valence-corrected chi connectivity index (χ2v) is 15.6. The Kier molecular flexibility index (Phi) is 37.7. The van der Waals surface area contributed by atoms with E-state index in [1.807, 2.05) is 6.08 Å². The highest BCUT2D eigenvalue weighted by atomic mass is 31.2. The van der Waals surface area contributed by atoms with Gasteiger partial charge in [-0.1, -0.05) is 185 Å². The number of phosphoric ester groups is 1. The third-order valence-electron chi connectivity index (χ3n) is 9.16. The molecule has 2 N–H and O–H groups in total. The van der Waals surface area contributed by atoms with Gasteiger partial charge in [0, 0.05) is 12.8 Å². The molecule has 0 spiro atoms. The SMILES string of the molecule is CCCCCCCC/C=C/C/C=C/C/C=C/CCCC(=O)OC[C@H](COP(=O)(O)O)OC(=O)CCCCCCCCCCCCCCCCCCC. The van der Waals surface area contributed by atoms with Crippen molar-refractivity contribution in [3.05, 3.63) is 36.5 Å². The van der Waals surface area contributed by atoms with Crippen molar-refractivity contribution >= 4 is 19.8 Å². The van der Waals surface area contributed by atoms with Crippen LogP contribution >= 0.6 is 7.82 Å². The molecule has 0 saturated carbocycles. The summed E-state index contributed by atoms with van der Waals surface area (Å²) in [7, 11) is -4.76. The molecule has 0 aromatic heterocycles. The fourth-order valence-electron chi connectivity index (χ4n) is 5.98. The lowest BCUT2D eigenvalue weighted by Gasteiger charge is -2.18. The molecule has 304 valence electrons. The zero-order valence-corrected chi connectivity index (χ0v) is 34.4. The number of allylic oxidation sites excluding steroid dienone is 6. The van der Waals surface area contributed by atoms with Gasteiger partial charge in [0.1, 0.15) is 6.61 Å². The highest BCUT2D eigenvalue weighted by molar-refractivity contribution is 7.46. The van der Waals surface area contributed by atoms with E-state index in [2.05, 4.69) is 48.8 Å². The van der Waals surface area contributed by atoms with Crippen LogP contribution in [0.25, 0.3) is 0 Å². The molecule has 0 radical (unpaired) electrons. The third kappa shape index (κ3) is 41.0. The number of hydrogen-bond acceptors (Lipinski definition) is 6. The minimum absolute atomic E-state index is 0.197. The van der Waals surface area contributed by atoms with Crippen molar-refractivity contribution in [2.45, 2.75) is 213 Å². The van der Waals surface area contributed by atoms with Gasteiger partial charge in [0.25, 0.3) is 0 Å².